The van der Waals surface area contributed by atoms with Crippen LogP contribution in [0.4, 0.5) is 13.2 Å². The number of esters is 1. The second-order valence-electron chi connectivity index (χ2n) is 5.11. The highest BCUT2D eigenvalue weighted by atomic mass is 19.4. The monoisotopic (exact) mass is 316 g/mol. The number of hydrogen-bond acceptors (Lipinski definition) is 3. The van der Waals surface area contributed by atoms with Gasteiger partial charge in [-0.2, -0.15) is 13.2 Å². The predicted octanol–water partition coefficient (Wildman–Crippen LogP) is 3.56. The van der Waals surface area contributed by atoms with Gasteiger partial charge in [-0.1, -0.05) is 41.5 Å². The summed E-state index contributed by atoms with van der Waals surface area (Å²) in [5.41, 5.74) is -0.892. The van der Waals surface area contributed by atoms with Crippen molar-refractivity contribution in [3.8, 4) is 0 Å². The number of halogens is 3. The maximum absolute atomic E-state index is 12.9. The number of rotatable bonds is 5. The number of carbonyl (C=O) groups excluding carboxylic acids is 1. The Labute approximate surface area is 127 Å². The summed E-state index contributed by atoms with van der Waals surface area (Å²) in [4.78, 5) is 11.4. The molecule has 0 aliphatic carbocycles. The van der Waals surface area contributed by atoms with Gasteiger partial charge in [0.1, 0.15) is 0 Å². The first-order chi connectivity index (χ1) is 10.1. The van der Waals surface area contributed by atoms with Crippen LogP contribution in [-0.4, -0.2) is 29.5 Å². The molecule has 0 aliphatic rings. The van der Waals surface area contributed by atoms with E-state index in [1.54, 1.807) is 12.1 Å². The first-order valence-corrected chi connectivity index (χ1v) is 6.81. The summed E-state index contributed by atoms with van der Waals surface area (Å²) in [5.74, 6) is -1.69. The summed E-state index contributed by atoms with van der Waals surface area (Å²) in [6, 6.07) is 5.52. The summed E-state index contributed by atoms with van der Waals surface area (Å²) in [7, 11) is 0. The van der Waals surface area contributed by atoms with E-state index in [4.69, 9.17) is 0 Å². The molecule has 0 bridgehead atoms. The summed E-state index contributed by atoms with van der Waals surface area (Å²) >= 11 is 0. The van der Waals surface area contributed by atoms with Gasteiger partial charge in [-0.05, 0) is 26.3 Å². The highest BCUT2D eigenvalue weighted by Crippen LogP contribution is 2.35. The largest absolute Gasteiger partial charge is 0.464 e. The number of hydrogen-bond donors (Lipinski definition) is 1. The van der Waals surface area contributed by atoms with Gasteiger partial charge in [0.05, 0.1) is 6.61 Å². The fraction of sp³-hybridized carbons (Fsp3) is 0.438. The topological polar surface area (TPSA) is 46.5 Å². The van der Waals surface area contributed by atoms with Crippen molar-refractivity contribution >= 4 is 12.0 Å². The Kier molecular flexibility index (Phi) is 5.77. The Morgan fingerprint density at radius 3 is 2.23 bits per heavy atom. The molecule has 0 saturated heterocycles. The molecule has 0 unspecified atom stereocenters. The van der Waals surface area contributed by atoms with Crippen molar-refractivity contribution in [2.45, 2.75) is 39.0 Å². The van der Waals surface area contributed by atoms with Crippen LogP contribution in [0.15, 0.2) is 24.3 Å². The Bertz CT molecular complexity index is 544. The predicted molar refractivity (Wildman–Crippen MR) is 77.2 cm³/mol. The lowest BCUT2D eigenvalue weighted by Crippen LogP contribution is -2.52. The highest BCUT2D eigenvalue weighted by molar-refractivity contribution is 5.80. The zero-order valence-corrected chi connectivity index (χ0v) is 12.7. The van der Waals surface area contributed by atoms with Crippen molar-refractivity contribution in [2.24, 2.45) is 0 Å². The molecule has 122 valence electrons. The van der Waals surface area contributed by atoms with Crippen LogP contribution in [0.1, 0.15) is 30.0 Å². The average Bonchev–Trinajstić information content (AvgIpc) is 2.36. The number of benzene rings is 1. The maximum Gasteiger partial charge on any atom is 0.428 e. The van der Waals surface area contributed by atoms with Crippen molar-refractivity contribution in [3.63, 3.8) is 0 Å². The van der Waals surface area contributed by atoms with Gasteiger partial charge in [0.2, 0.25) is 0 Å². The van der Waals surface area contributed by atoms with Crippen LogP contribution in [0.3, 0.4) is 0 Å². The van der Waals surface area contributed by atoms with Crippen molar-refractivity contribution in [3.05, 3.63) is 41.0 Å². The van der Waals surface area contributed by atoms with Gasteiger partial charge in [-0.25, -0.2) is 4.79 Å². The molecule has 22 heavy (non-hydrogen) atoms. The molecule has 6 heteroatoms. The molecule has 0 fully saturated rings. The lowest BCUT2D eigenvalue weighted by atomic mass is 9.98. The number of carbonyl (C=O) groups is 1. The van der Waals surface area contributed by atoms with Crippen molar-refractivity contribution in [2.75, 3.05) is 6.61 Å². The molecule has 0 saturated carbocycles. The van der Waals surface area contributed by atoms with E-state index in [0.717, 1.165) is 17.2 Å². The fourth-order valence-corrected chi connectivity index (χ4v) is 2.04. The lowest BCUT2D eigenvalue weighted by Gasteiger charge is -2.26. The Balaban J connectivity index is 2.96. The van der Waals surface area contributed by atoms with Gasteiger partial charge < -0.3 is 9.84 Å². The van der Waals surface area contributed by atoms with E-state index in [1.165, 1.54) is 13.0 Å². The molecule has 1 aromatic carbocycles. The average molecular weight is 316 g/mol. The highest BCUT2D eigenvalue weighted by Gasteiger charge is 2.59. The van der Waals surface area contributed by atoms with Crippen LogP contribution < -0.4 is 0 Å². The van der Waals surface area contributed by atoms with Crippen LogP contribution in [0.2, 0.25) is 0 Å². The molecule has 0 amide bonds. The molecule has 1 atom stereocenters. The molecule has 0 spiro atoms. The molecular formula is C16H19F3O3. The van der Waals surface area contributed by atoms with E-state index < -0.39 is 24.2 Å². The standard InChI is InChI=1S/C16H19F3O3/c1-4-22-14(20)15(21,16(17,18)19)7-5-6-13-9-11(2)8-12(3)10-13/h5-6,8-10,21H,4,7H2,1-3H3/b6-5+/t15-/m1/s1. The zero-order valence-electron chi connectivity index (χ0n) is 12.7. The molecule has 0 radical (unpaired) electrons. The molecular weight excluding hydrogens is 297 g/mol. The van der Waals surface area contributed by atoms with Gasteiger partial charge in [-0.15, -0.1) is 0 Å². The SMILES string of the molecule is CCOC(=O)[C@](O)(C/C=C/c1cc(C)cc(C)c1)C(F)(F)F. The summed E-state index contributed by atoms with van der Waals surface area (Å²) < 4.78 is 43.2. The van der Waals surface area contributed by atoms with Crippen molar-refractivity contribution in [1.29, 1.82) is 0 Å². The quantitative estimate of drug-likeness (QED) is 0.845. The minimum atomic E-state index is -5.11. The van der Waals surface area contributed by atoms with Gasteiger partial charge in [0.15, 0.2) is 0 Å². The molecule has 0 aromatic heterocycles. The molecule has 0 aliphatic heterocycles. The molecule has 1 rings (SSSR count). The van der Waals surface area contributed by atoms with Crippen molar-refractivity contribution < 1.29 is 27.8 Å². The van der Waals surface area contributed by atoms with Gasteiger partial charge >= 0.3 is 12.1 Å². The van der Waals surface area contributed by atoms with E-state index >= 15 is 0 Å². The van der Waals surface area contributed by atoms with Gasteiger partial charge in [-0.3, -0.25) is 0 Å². The molecule has 1 N–H and O–H groups in total. The molecule has 0 heterocycles. The summed E-state index contributed by atoms with van der Waals surface area (Å²) in [6.07, 6.45) is -3.44. The molecule has 1 aromatic rings. The summed E-state index contributed by atoms with van der Waals surface area (Å²) in [5, 5.41) is 9.68. The molecule has 3 nitrogen and oxygen atoms in total. The minimum Gasteiger partial charge on any atom is -0.464 e. The Hall–Kier alpha value is -1.82. The first-order valence-electron chi connectivity index (χ1n) is 6.81. The Morgan fingerprint density at radius 1 is 1.23 bits per heavy atom. The van der Waals surface area contributed by atoms with E-state index in [1.807, 2.05) is 19.9 Å². The second kappa shape index (κ2) is 6.96. The lowest BCUT2D eigenvalue weighted by molar-refractivity contribution is -0.261. The third kappa shape index (κ3) is 4.34. The van der Waals surface area contributed by atoms with Gasteiger partial charge in [0, 0.05) is 6.42 Å². The number of ether oxygens (including phenoxy) is 1. The fourth-order valence-electron chi connectivity index (χ4n) is 2.04. The Morgan fingerprint density at radius 2 is 1.77 bits per heavy atom. The third-order valence-corrected chi connectivity index (χ3v) is 3.05. The number of aliphatic hydroxyl groups is 1. The number of alkyl halides is 3. The smallest absolute Gasteiger partial charge is 0.428 e. The van der Waals surface area contributed by atoms with E-state index in [-0.39, 0.29) is 6.61 Å². The van der Waals surface area contributed by atoms with Crippen molar-refractivity contribution in [1.82, 2.24) is 0 Å². The third-order valence-electron chi connectivity index (χ3n) is 3.05. The van der Waals surface area contributed by atoms with Gasteiger partial charge in [0.25, 0.3) is 5.60 Å². The van der Waals surface area contributed by atoms with E-state index in [0.29, 0.717) is 5.56 Å². The van der Waals surface area contributed by atoms with E-state index in [9.17, 15) is 23.1 Å². The van der Waals surface area contributed by atoms with E-state index in [2.05, 4.69) is 4.74 Å². The number of aryl methyl sites for hydroxylation is 2. The van der Waals surface area contributed by atoms with Crippen LogP contribution in [0.5, 0.6) is 0 Å². The minimum absolute atomic E-state index is 0.238. The van der Waals surface area contributed by atoms with Crippen LogP contribution in [-0.2, 0) is 9.53 Å². The normalized spacial score (nSPS) is 14.9. The first kappa shape index (κ1) is 18.2. The van der Waals surface area contributed by atoms with Crippen LogP contribution in [0, 0.1) is 13.8 Å². The maximum atomic E-state index is 12.9. The summed E-state index contributed by atoms with van der Waals surface area (Å²) in [6.45, 7) is 4.88. The van der Waals surface area contributed by atoms with Crippen LogP contribution >= 0.6 is 0 Å². The zero-order chi connectivity index (χ0) is 17.0. The second-order valence-corrected chi connectivity index (χ2v) is 5.11. The van der Waals surface area contributed by atoms with Crippen LogP contribution in [0.25, 0.3) is 6.08 Å².